The summed E-state index contributed by atoms with van der Waals surface area (Å²) in [5, 5.41) is 17.8. The van der Waals surface area contributed by atoms with E-state index in [9.17, 15) is 23.7 Å². The number of carboxylic acids is 1. The van der Waals surface area contributed by atoms with Crippen LogP contribution in [-0.2, 0) is 38.0 Å². The van der Waals surface area contributed by atoms with Gasteiger partial charge in [0.05, 0.1) is 0 Å². The van der Waals surface area contributed by atoms with Gasteiger partial charge in [-0.1, -0.05) is 75.9 Å². The lowest BCUT2D eigenvalue weighted by Gasteiger charge is -2.25. The summed E-state index contributed by atoms with van der Waals surface area (Å²) in [5.74, 6) is -2.13. The van der Waals surface area contributed by atoms with Crippen LogP contribution in [0.4, 0.5) is 0 Å². The first kappa shape index (κ1) is 33.4. The molecule has 4 aromatic rings. The van der Waals surface area contributed by atoms with E-state index in [2.05, 4.69) is 20.6 Å². The van der Waals surface area contributed by atoms with E-state index >= 15 is 0 Å². The SMILES string of the molecule is CC(C)CC(CS(=O)C1CCCCCC1)C(=O)NC(Cc1c[nH]c2ccccc12)C(=O)NC(Cc1c[nH]c2ccccc12)C(=O)O. The topological polar surface area (TPSA) is 144 Å². The Balaban J connectivity index is 1.37. The number of para-hydroxylation sites is 2. The number of rotatable bonds is 14. The van der Waals surface area contributed by atoms with Crippen LogP contribution in [0, 0.1) is 11.8 Å². The van der Waals surface area contributed by atoms with Gasteiger partial charge >= 0.3 is 5.97 Å². The number of benzene rings is 2. The highest BCUT2D eigenvalue weighted by Gasteiger charge is 2.32. The molecule has 1 aliphatic carbocycles. The van der Waals surface area contributed by atoms with Crippen molar-refractivity contribution in [3.8, 4) is 0 Å². The van der Waals surface area contributed by atoms with Crippen molar-refractivity contribution < 1.29 is 23.7 Å². The number of aliphatic carboxylic acids is 1. The molecule has 1 aliphatic rings. The standard InChI is InChI=1S/C36H46N4O5S/c1-23(2)17-26(22-46(45)27-11-5-3-4-6-12-27)34(41)39-32(18-24-20-37-30-15-9-7-13-28(24)30)35(42)40-33(36(43)44)19-25-21-38-31-16-10-8-14-29(25)31/h7-10,13-16,20-21,23,26-27,32-33,37-38H,3-6,11-12,17-19,22H2,1-2H3,(H,39,41)(H,40,42)(H,43,44). The zero-order chi connectivity index (χ0) is 32.6. The molecule has 4 atom stereocenters. The normalized spacial score (nSPS) is 16.9. The van der Waals surface area contributed by atoms with Crippen molar-refractivity contribution in [1.82, 2.24) is 20.6 Å². The summed E-state index contributed by atoms with van der Waals surface area (Å²) in [6, 6.07) is 13.1. The minimum Gasteiger partial charge on any atom is -0.480 e. The minimum atomic E-state index is -1.21. The summed E-state index contributed by atoms with van der Waals surface area (Å²) < 4.78 is 13.5. The van der Waals surface area contributed by atoms with Crippen molar-refractivity contribution in [1.29, 1.82) is 0 Å². The lowest BCUT2D eigenvalue weighted by atomic mass is 9.96. The molecule has 1 fully saturated rings. The average molecular weight is 647 g/mol. The third-order valence-corrected chi connectivity index (χ3v) is 11.1. The lowest BCUT2D eigenvalue weighted by Crippen LogP contribution is -2.54. The van der Waals surface area contributed by atoms with Gasteiger partial charge in [0.15, 0.2) is 0 Å². The number of fused-ring (bicyclic) bond motifs is 2. The molecule has 9 nitrogen and oxygen atoms in total. The molecule has 0 bridgehead atoms. The van der Waals surface area contributed by atoms with E-state index in [0.717, 1.165) is 71.5 Å². The molecule has 10 heteroatoms. The van der Waals surface area contributed by atoms with Gasteiger partial charge in [-0.25, -0.2) is 4.79 Å². The molecule has 1 saturated carbocycles. The van der Waals surface area contributed by atoms with Gasteiger partial charge in [0.2, 0.25) is 11.8 Å². The molecule has 0 spiro atoms. The third-order valence-electron chi connectivity index (χ3n) is 9.11. The maximum Gasteiger partial charge on any atom is 0.326 e. The Morgan fingerprint density at radius 3 is 1.87 bits per heavy atom. The number of carbonyl (C=O) groups excluding carboxylic acids is 2. The summed E-state index contributed by atoms with van der Waals surface area (Å²) in [6.45, 7) is 4.07. The Bertz CT molecular complexity index is 1670. The quantitative estimate of drug-likeness (QED) is 0.113. The predicted molar refractivity (Wildman–Crippen MR) is 183 cm³/mol. The maximum atomic E-state index is 13.9. The van der Waals surface area contributed by atoms with E-state index in [1.165, 1.54) is 0 Å². The Morgan fingerprint density at radius 1 is 0.804 bits per heavy atom. The van der Waals surface area contributed by atoms with Gasteiger partial charge < -0.3 is 25.7 Å². The van der Waals surface area contributed by atoms with Crippen LogP contribution in [0.3, 0.4) is 0 Å². The number of carbonyl (C=O) groups is 3. The molecule has 46 heavy (non-hydrogen) atoms. The average Bonchev–Trinajstić information content (AvgIpc) is 3.52. The largest absolute Gasteiger partial charge is 0.480 e. The molecular formula is C36H46N4O5S. The Morgan fingerprint density at radius 2 is 1.33 bits per heavy atom. The Hall–Kier alpha value is -3.92. The number of hydrogen-bond donors (Lipinski definition) is 5. The fourth-order valence-electron chi connectivity index (χ4n) is 6.67. The van der Waals surface area contributed by atoms with Crippen LogP contribution < -0.4 is 10.6 Å². The number of carboxylic acid groups (broad SMARTS) is 1. The van der Waals surface area contributed by atoms with Crippen molar-refractivity contribution in [3.63, 3.8) is 0 Å². The van der Waals surface area contributed by atoms with Crippen molar-refractivity contribution in [3.05, 3.63) is 72.1 Å². The van der Waals surface area contributed by atoms with Crippen LogP contribution in [0.15, 0.2) is 60.9 Å². The molecule has 0 saturated heterocycles. The fourth-order valence-corrected chi connectivity index (χ4v) is 8.49. The first-order valence-electron chi connectivity index (χ1n) is 16.5. The molecule has 5 rings (SSSR count). The first-order chi connectivity index (χ1) is 22.2. The van der Waals surface area contributed by atoms with E-state index < -0.39 is 40.7 Å². The predicted octanol–water partition coefficient (Wildman–Crippen LogP) is 5.62. The second kappa shape index (κ2) is 15.6. The van der Waals surface area contributed by atoms with Gasteiger partial charge in [-0.3, -0.25) is 13.8 Å². The van der Waals surface area contributed by atoms with Crippen LogP contribution >= 0.6 is 0 Å². The smallest absolute Gasteiger partial charge is 0.326 e. The number of H-pyrrole nitrogens is 2. The van der Waals surface area contributed by atoms with Crippen LogP contribution in [0.5, 0.6) is 0 Å². The summed E-state index contributed by atoms with van der Waals surface area (Å²) in [7, 11) is -1.15. The summed E-state index contributed by atoms with van der Waals surface area (Å²) in [5.41, 5.74) is 3.40. The number of hydrogen-bond acceptors (Lipinski definition) is 4. The number of aromatic amines is 2. The van der Waals surface area contributed by atoms with Gasteiger partial charge in [0.25, 0.3) is 0 Å². The van der Waals surface area contributed by atoms with Crippen LogP contribution in [0.2, 0.25) is 0 Å². The zero-order valence-electron chi connectivity index (χ0n) is 26.7. The van der Waals surface area contributed by atoms with E-state index in [-0.39, 0.29) is 35.7 Å². The van der Waals surface area contributed by atoms with E-state index in [0.29, 0.717) is 6.42 Å². The number of nitrogens with one attached hydrogen (secondary N) is 4. The number of aromatic nitrogens is 2. The molecule has 2 amide bonds. The summed E-state index contributed by atoms with van der Waals surface area (Å²) >= 11 is 0. The third kappa shape index (κ3) is 8.46. The second-order valence-electron chi connectivity index (χ2n) is 13.1. The minimum absolute atomic E-state index is 0.0786. The molecule has 2 aromatic carbocycles. The summed E-state index contributed by atoms with van der Waals surface area (Å²) in [4.78, 5) is 46.7. The molecule has 2 aromatic heterocycles. The highest BCUT2D eigenvalue weighted by atomic mass is 32.2. The van der Waals surface area contributed by atoms with Crippen molar-refractivity contribution in [2.45, 2.75) is 89.0 Å². The van der Waals surface area contributed by atoms with Crippen LogP contribution in [-0.4, -0.2) is 60.2 Å². The molecule has 246 valence electrons. The number of amides is 2. The Kier molecular flexibility index (Phi) is 11.3. The molecule has 0 aliphatic heterocycles. The van der Waals surface area contributed by atoms with E-state index in [4.69, 9.17) is 0 Å². The molecule has 4 unspecified atom stereocenters. The highest BCUT2D eigenvalue weighted by Crippen LogP contribution is 2.25. The van der Waals surface area contributed by atoms with E-state index in [1.807, 2.05) is 68.6 Å². The maximum absolute atomic E-state index is 13.9. The van der Waals surface area contributed by atoms with Gasteiger partial charge in [0, 0.05) is 74.8 Å². The van der Waals surface area contributed by atoms with Gasteiger partial charge in [0.1, 0.15) is 12.1 Å². The van der Waals surface area contributed by atoms with E-state index in [1.54, 1.807) is 6.20 Å². The zero-order valence-corrected chi connectivity index (χ0v) is 27.5. The van der Waals surface area contributed by atoms with Gasteiger partial charge in [-0.05, 0) is 48.4 Å². The van der Waals surface area contributed by atoms with Crippen molar-refractivity contribution >= 4 is 50.4 Å². The fraction of sp³-hybridized carbons (Fsp3) is 0.472. The van der Waals surface area contributed by atoms with Crippen molar-refractivity contribution in [2.75, 3.05) is 5.75 Å². The van der Waals surface area contributed by atoms with Crippen molar-refractivity contribution in [2.24, 2.45) is 11.8 Å². The van der Waals surface area contributed by atoms with Gasteiger partial charge in [-0.15, -0.1) is 0 Å². The van der Waals surface area contributed by atoms with Crippen LogP contribution in [0.25, 0.3) is 21.8 Å². The monoisotopic (exact) mass is 646 g/mol. The molecular weight excluding hydrogens is 600 g/mol. The van der Waals surface area contributed by atoms with Crippen LogP contribution in [0.1, 0.15) is 69.9 Å². The first-order valence-corrected chi connectivity index (χ1v) is 17.9. The molecule has 5 N–H and O–H groups in total. The molecule has 0 radical (unpaired) electrons. The van der Waals surface area contributed by atoms with Gasteiger partial charge in [-0.2, -0.15) is 0 Å². The lowest BCUT2D eigenvalue weighted by molar-refractivity contribution is -0.142. The Labute approximate surface area is 272 Å². The second-order valence-corrected chi connectivity index (χ2v) is 14.8. The summed E-state index contributed by atoms with van der Waals surface area (Å²) in [6.07, 6.45) is 10.7. The highest BCUT2D eigenvalue weighted by molar-refractivity contribution is 7.85. The molecule has 2 heterocycles.